The van der Waals surface area contributed by atoms with Gasteiger partial charge in [0.1, 0.15) is 9.71 Å². The van der Waals surface area contributed by atoms with E-state index in [1.54, 1.807) is 17.6 Å². The van der Waals surface area contributed by atoms with Crippen molar-refractivity contribution >= 4 is 44.5 Å². The Labute approximate surface area is 121 Å². The molecule has 0 aliphatic rings. The Hall–Kier alpha value is -2.19. The van der Waals surface area contributed by atoms with Gasteiger partial charge in [0.05, 0.1) is 12.2 Å². The third-order valence-electron chi connectivity index (χ3n) is 2.72. The molecule has 3 aromatic rings. The molecule has 3 aromatic heterocycles. The summed E-state index contributed by atoms with van der Waals surface area (Å²) in [4.78, 5) is 31.0. The molecule has 8 heteroatoms. The maximum atomic E-state index is 12.1. The molecule has 20 heavy (non-hydrogen) atoms. The van der Waals surface area contributed by atoms with Gasteiger partial charge >= 0.3 is 4.87 Å². The Morgan fingerprint density at radius 3 is 3.05 bits per heavy atom. The normalized spacial score (nSPS) is 10.8. The molecular weight excluding hydrogens is 296 g/mol. The van der Waals surface area contributed by atoms with Crippen LogP contribution in [0, 0.1) is 0 Å². The lowest BCUT2D eigenvalue weighted by atomic mass is 10.2. The largest absolute Gasteiger partial charge is 0.397 e. The fraction of sp³-hybridized carbons (Fsp3) is 0.0833. The predicted octanol–water partition coefficient (Wildman–Crippen LogP) is 1.56. The number of thiophene rings is 1. The number of nitrogens with zero attached hydrogens (tertiary/aromatic N) is 1. The van der Waals surface area contributed by atoms with E-state index < -0.39 is 0 Å². The van der Waals surface area contributed by atoms with Crippen molar-refractivity contribution in [3.63, 3.8) is 0 Å². The molecule has 0 unspecified atom stereocenters. The Kier molecular flexibility index (Phi) is 3.25. The van der Waals surface area contributed by atoms with E-state index in [1.165, 1.54) is 11.3 Å². The predicted molar refractivity (Wildman–Crippen MR) is 80.1 cm³/mol. The maximum Gasteiger partial charge on any atom is 0.304 e. The van der Waals surface area contributed by atoms with E-state index in [2.05, 4.69) is 15.3 Å². The minimum absolute atomic E-state index is 0.139. The van der Waals surface area contributed by atoms with Gasteiger partial charge in [-0.05, 0) is 12.1 Å². The second-order valence-electron chi connectivity index (χ2n) is 4.06. The van der Waals surface area contributed by atoms with E-state index in [4.69, 9.17) is 5.73 Å². The van der Waals surface area contributed by atoms with Crippen LogP contribution in [0.1, 0.15) is 15.4 Å². The van der Waals surface area contributed by atoms with Crippen molar-refractivity contribution in [2.75, 3.05) is 5.73 Å². The number of H-pyrrole nitrogens is 1. The molecule has 4 N–H and O–H groups in total. The molecule has 102 valence electrons. The summed E-state index contributed by atoms with van der Waals surface area (Å²) in [5.41, 5.74) is 7.08. The van der Waals surface area contributed by atoms with E-state index in [9.17, 15) is 9.59 Å². The number of carbonyl (C=O) groups is 1. The van der Waals surface area contributed by atoms with Crippen molar-refractivity contribution in [3.8, 4) is 0 Å². The summed E-state index contributed by atoms with van der Waals surface area (Å²) in [6, 6.07) is 3.62. The quantitative estimate of drug-likeness (QED) is 0.683. The lowest BCUT2D eigenvalue weighted by Gasteiger charge is -2.02. The Bertz CT molecular complexity index is 833. The highest BCUT2D eigenvalue weighted by atomic mass is 32.1. The highest BCUT2D eigenvalue weighted by Gasteiger charge is 2.16. The maximum absolute atomic E-state index is 12.1. The van der Waals surface area contributed by atoms with Gasteiger partial charge in [-0.3, -0.25) is 9.59 Å². The third kappa shape index (κ3) is 2.30. The first-order valence-corrected chi connectivity index (χ1v) is 7.42. The van der Waals surface area contributed by atoms with Gasteiger partial charge in [-0.2, -0.15) is 0 Å². The summed E-state index contributed by atoms with van der Waals surface area (Å²) < 4.78 is 0. The van der Waals surface area contributed by atoms with Crippen LogP contribution in [-0.4, -0.2) is 15.9 Å². The second kappa shape index (κ2) is 5.06. The van der Waals surface area contributed by atoms with Gasteiger partial charge in [0.25, 0.3) is 5.91 Å². The fourth-order valence-corrected chi connectivity index (χ4v) is 3.34. The molecule has 1 amide bonds. The Balaban J connectivity index is 1.82. The number of nitrogens with one attached hydrogen (secondary N) is 2. The summed E-state index contributed by atoms with van der Waals surface area (Å²) >= 11 is 2.32. The van der Waals surface area contributed by atoms with Crippen LogP contribution < -0.4 is 15.9 Å². The molecular formula is C12H10N4O2S2. The molecule has 0 fully saturated rings. The Morgan fingerprint density at radius 1 is 1.50 bits per heavy atom. The van der Waals surface area contributed by atoms with E-state index in [1.807, 2.05) is 6.07 Å². The molecule has 0 spiro atoms. The topological polar surface area (TPSA) is 101 Å². The van der Waals surface area contributed by atoms with Gasteiger partial charge in [-0.25, -0.2) is 4.98 Å². The summed E-state index contributed by atoms with van der Waals surface area (Å²) in [5, 5.41) is 5.19. The molecule has 0 saturated carbocycles. The van der Waals surface area contributed by atoms with Crippen molar-refractivity contribution in [1.82, 2.24) is 15.3 Å². The SMILES string of the molecule is Nc1c(C(=O)NCc2csc(=O)[nH]2)sc2ncccc12. The minimum atomic E-state index is -0.266. The van der Waals surface area contributed by atoms with E-state index in [0.29, 0.717) is 16.3 Å². The van der Waals surface area contributed by atoms with Crippen molar-refractivity contribution in [2.24, 2.45) is 0 Å². The average Bonchev–Trinajstić information content (AvgIpc) is 3.01. The monoisotopic (exact) mass is 306 g/mol. The van der Waals surface area contributed by atoms with Crippen molar-refractivity contribution in [3.05, 3.63) is 43.9 Å². The number of amides is 1. The third-order valence-corrected chi connectivity index (χ3v) is 4.57. The molecule has 0 aliphatic heterocycles. The number of hydrogen-bond acceptors (Lipinski definition) is 6. The van der Waals surface area contributed by atoms with E-state index >= 15 is 0 Å². The highest BCUT2D eigenvalue weighted by Crippen LogP contribution is 2.31. The van der Waals surface area contributed by atoms with Gasteiger partial charge in [0, 0.05) is 22.7 Å². The number of aromatic nitrogens is 2. The standard InChI is InChI=1S/C12H10N4O2S2/c13-8-7-2-1-3-14-11(7)20-9(8)10(17)15-4-6-5-19-12(18)16-6/h1-3,5H,4,13H2,(H,15,17)(H,16,18). The lowest BCUT2D eigenvalue weighted by molar-refractivity contribution is 0.0955. The van der Waals surface area contributed by atoms with Gasteiger partial charge in [0.2, 0.25) is 0 Å². The zero-order valence-electron chi connectivity index (χ0n) is 10.2. The highest BCUT2D eigenvalue weighted by molar-refractivity contribution is 7.21. The smallest absolute Gasteiger partial charge is 0.304 e. The number of carbonyl (C=O) groups excluding carboxylic acids is 1. The number of aromatic amines is 1. The van der Waals surface area contributed by atoms with Crippen molar-refractivity contribution in [2.45, 2.75) is 6.54 Å². The van der Waals surface area contributed by atoms with Crippen molar-refractivity contribution < 1.29 is 4.79 Å². The fourth-order valence-electron chi connectivity index (χ4n) is 1.78. The van der Waals surface area contributed by atoms with Gasteiger partial charge in [0.15, 0.2) is 0 Å². The number of nitrogens with two attached hydrogens (primary N) is 1. The number of thiazole rings is 1. The number of fused-ring (bicyclic) bond motifs is 1. The first-order chi connectivity index (χ1) is 9.65. The molecule has 0 aromatic carbocycles. The van der Waals surface area contributed by atoms with Gasteiger partial charge < -0.3 is 16.0 Å². The second-order valence-corrected chi connectivity index (χ2v) is 5.90. The van der Waals surface area contributed by atoms with Crippen LogP contribution in [0.2, 0.25) is 0 Å². The number of nitrogen functional groups attached to an aromatic ring is 1. The first kappa shape index (κ1) is 12.8. The van der Waals surface area contributed by atoms with Gasteiger partial charge in [-0.1, -0.05) is 11.3 Å². The zero-order chi connectivity index (χ0) is 14.1. The summed E-state index contributed by atoms with van der Waals surface area (Å²) in [5.74, 6) is -0.266. The van der Waals surface area contributed by atoms with Crippen LogP contribution in [-0.2, 0) is 6.54 Å². The van der Waals surface area contributed by atoms with Crippen molar-refractivity contribution in [1.29, 1.82) is 0 Å². The summed E-state index contributed by atoms with van der Waals surface area (Å²) in [7, 11) is 0. The summed E-state index contributed by atoms with van der Waals surface area (Å²) in [6.45, 7) is 0.263. The molecule has 0 aliphatic carbocycles. The zero-order valence-corrected chi connectivity index (χ0v) is 11.8. The van der Waals surface area contributed by atoms with Gasteiger partial charge in [-0.15, -0.1) is 11.3 Å². The number of rotatable bonds is 3. The molecule has 0 atom stereocenters. The molecule has 0 radical (unpaired) electrons. The van der Waals surface area contributed by atoms with Crippen LogP contribution in [0.15, 0.2) is 28.5 Å². The lowest BCUT2D eigenvalue weighted by Crippen LogP contribution is -2.23. The molecule has 3 rings (SSSR count). The average molecular weight is 306 g/mol. The Morgan fingerprint density at radius 2 is 2.35 bits per heavy atom. The van der Waals surface area contributed by atoms with Crippen LogP contribution in [0.5, 0.6) is 0 Å². The van der Waals surface area contributed by atoms with Crippen LogP contribution in [0.25, 0.3) is 10.2 Å². The van der Waals surface area contributed by atoms with E-state index in [-0.39, 0.29) is 17.3 Å². The number of pyridine rings is 1. The van der Waals surface area contributed by atoms with Crippen LogP contribution >= 0.6 is 22.7 Å². The molecule has 0 saturated heterocycles. The minimum Gasteiger partial charge on any atom is -0.397 e. The molecule has 3 heterocycles. The van der Waals surface area contributed by atoms with Crippen LogP contribution in [0.3, 0.4) is 0 Å². The molecule has 6 nitrogen and oxygen atoms in total. The first-order valence-electron chi connectivity index (χ1n) is 5.73. The number of anilines is 1. The van der Waals surface area contributed by atoms with Crippen LogP contribution in [0.4, 0.5) is 5.69 Å². The number of hydrogen-bond donors (Lipinski definition) is 3. The van der Waals surface area contributed by atoms with E-state index in [0.717, 1.165) is 21.6 Å². The summed E-state index contributed by atoms with van der Waals surface area (Å²) in [6.07, 6.45) is 1.66. The molecule has 0 bridgehead atoms.